The van der Waals surface area contributed by atoms with Gasteiger partial charge in [0.2, 0.25) is 5.91 Å². The van der Waals surface area contributed by atoms with E-state index < -0.39 is 27.5 Å². The Balaban J connectivity index is 1.82. The molecule has 162 valence electrons. The number of nitrogens with one attached hydrogen (secondary N) is 1. The van der Waals surface area contributed by atoms with Crippen molar-refractivity contribution in [1.82, 2.24) is 4.90 Å². The van der Waals surface area contributed by atoms with E-state index in [9.17, 15) is 18.0 Å². The van der Waals surface area contributed by atoms with Crippen molar-refractivity contribution in [2.75, 3.05) is 31.3 Å². The first-order chi connectivity index (χ1) is 14.2. The van der Waals surface area contributed by atoms with Crippen molar-refractivity contribution in [3.8, 4) is 0 Å². The molecule has 0 saturated heterocycles. The second-order valence-corrected chi connectivity index (χ2v) is 10.4. The molecule has 30 heavy (non-hydrogen) atoms. The molecule has 2 aromatic rings. The number of rotatable bonds is 7. The molecule has 0 unspecified atom stereocenters. The molecule has 1 amide bonds. The van der Waals surface area contributed by atoms with Gasteiger partial charge in [-0.2, -0.15) is 0 Å². The number of carbonyl (C=O) groups is 2. The monoisotopic (exact) mass is 450 g/mol. The van der Waals surface area contributed by atoms with Gasteiger partial charge in [-0.3, -0.25) is 9.69 Å². The van der Waals surface area contributed by atoms with Crippen LogP contribution in [0.15, 0.2) is 29.2 Å². The Morgan fingerprint density at radius 1 is 1.23 bits per heavy atom. The summed E-state index contributed by atoms with van der Waals surface area (Å²) in [6, 6.07) is 6.36. The normalized spacial score (nSPS) is 14.2. The second-order valence-electron chi connectivity index (χ2n) is 7.35. The zero-order valence-electron chi connectivity index (χ0n) is 17.4. The van der Waals surface area contributed by atoms with Gasteiger partial charge >= 0.3 is 5.97 Å². The van der Waals surface area contributed by atoms with Crippen LogP contribution >= 0.6 is 11.3 Å². The predicted molar refractivity (Wildman–Crippen MR) is 117 cm³/mol. The van der Waals surface area contributed by atoms with Gasteiger partial charge in [0.1, 0.15) is 10.8 Å². The second kappa shape index (κ2) is 9.28. The zero-order chi connectivity index (χ0) is 21.9. The molecule has 2 heterocycles. The number of amides is 1. The van der Waals surface area contributed by atoms with Crippen molar-refractivity contribution >= 4 is 38.1 Å². The first-order valence-corrected chi connectivity index (χ1v) is 12.3. The van der Waals surface area contributed by atoms with E-state index in [4.69, 9.17) is 4.74 Å². The van der Waals surface area contributed by atoms with Crippen LogP contribution in [0.1, 0.15) is 39.7 Å². The third-order valence-electron chi connectivity index (χ3n) is 5.02. The lowest BCUT2D eigenvalue weighted by Crippen LogP contribution is -2.30. The number of fused-ring (bicyclic) bond motifs is 1. The average molecular weight is 451 g/mol. The maximum absolute atomic E-state index is 12.6. The van der Waals surface area contributed by atoms with Gasteiger partial charge in [0.15, 0.2) is 9.84 Å². The molecule has 0 spiro atoms. The van der Waals surface area contributed by atoms with Crippen LogP contribution in [-0.2, 0) is 32.3 Å². The molecule has 1 aliphatic heterocycles. The number of carbonyl (C=O) groups excluding carboxylic acids is 2. The molecular weight excluding hydrogens is 424 g/mol. The predicted octanol–water partition coefficient (Wildman–Crippen LogP) is 3.02. The highest BCUT2D eigenvalue weighted by atomic mass is 32.2. The maximum atomic E-state index is 12.6. The topological polar surface area (TPSA) is 92.8 Å². The van der Waals surface area contributed by atoms with Gasteiger partial charge in [-0.1, -0.05) is 24.6 Å². The number of sulfone groups is 1. The number of hydrogen-bond acceptors (Lipinski definition) is 7. The van der Waals surface area contributed by atoms with E-state index >= 15 is 0 Å². The first kappa shape index (κ1) is 22.5. The minimum Gasteiger partial charge on any atom is -0.465 e. The van der Waals surface area contributed by atoms with Crippen LogP contribution in [0.3, 0.4) is 0 Å². The Morgan fingerprint density at radius 3 is 2.57 bits per heavy atom. The van der Waals surface area contributed by atoms with E-state index in [1.54, 1.807) is 12.1 Å². The summed E-state index contributed by atoms with van der Waals surface area (Å²) in [5.74, 6) is -1.89. The van der Waals surface area contributed by atoms with Gasteiger partial charge in [-0.05, 0) is 44.0 Å². The van der Waals surface area contributed by atoms with Gasteiger partial charge in [-0.15, -0.1) is 11.3 Å². The van der Waals surface area contributed by atoms with Crippen LogP contribution in [0.2, 0.25) is 0 Å². The number of nitrogens with zero attached hydrogens (tertiary/aromatic N) is 1. The number of methoxy groups -OCH3 is 1. The summed E-state index contributed by atoms with van der Waals surface area (Å²) in [6.45, 7) is 6.47. The third kappa shape index (κ3) is 4.91. The van der Waals surface area contributed by atoms with E-state index in [1.165, 1.54) is 30.6 Å². The third-order valence-corrected chi connectivity index (χ3v) is 7.78. The van der Waals surface area contributed by atoms with Gasteiger partial charge in [-0.25, -0.2) is 13.2 Å². The fraction of sp³-hybridized carbons (Fsp3) is 0.429. The molecule has 0 saturated carbocycles. The van der Waals surface area contributed by atoms with E-state index in [2.05, 4.69) is 17.1 Å². The fourth-order valence-corrected chi connectivity index (χ4v) is 5.96. The fourth-order valence-electron chi connectivity index (χ4n) is 3.53. The Bertz CT molecular complexity index is 1040. The minimum absolute atomic E-state index is 0.0946. The number of thiophene rings is 1. The van der Waals surface area contributed by atoms with E-state index in [0.29, 0.717) is 23.5 Å². The van der Waals surface area contributed by atoms with E-state index in [1.807, 2.05) is 6.92 Å². The average Bonchev–Trinajstić information content (AvgIpc) is 3.04. The minimum atomic E-state index is -3.79. The van der Waals surface area contributed by atoms with Crippen LogP contribution in [0.25, 0.3) is 0 Å². The summed E-state index contributed by atoms with van der Waals surface area (Å²) >= 11 is 1.32. The highest BCUT2D eigenvalue weighted by Gasteiger charge is 2.30. The molecule has 0 aliphatic carbocycles. The van der Waals surface area contributed by atoms with Crippen LogP contribution in [0.4, 0.5) is 5.00 Å². The largest absolute Gasteiger partial charge is 0.465 e. The first-order valence-electron chi connectivity index (χ1n) is 9.79. The Morgan fingerprint density at radius 2 is 1.93 bits per heavy atom. The lowest BCUT2D eigenvalue weighted by molar-refractivity contribution is -0.113. The number of hydrogen-bond donors (Lipinski definition) is 1. The van der Waals surface area contributed by atoms with Crippen LogP contribution in [0, 0.1) is 6.92 Å². The summed E-state index contributed by atoms with van der Waals surface area (Å²) in [5, 5.41) is 3.00. The number of benzene rings is 1. The smallest absolute Gasteiger partial charge is 0.341 e. The molecule has 0 radical (unpaired) electrons. The Hall–Kier alpha value is -2.23. The Kier molecular flexibility index (Phi) is 6.95. The lowest BCUT2D eigenvalue weighted by atomic mass is 10.0. The summed E-state index contributed by atoms with van der Waals surface area (Å²) in [6.07, 6.45) is 1.72. The Labute approximate surface area is 181 Å². The number of ether oxygens (including phenoxy) is 1. The van der Waals surface area contributed by atoms with Crippen molar-refractivity contribution < 1.29 is 22.7 Å². The lowest BCUT2D eigenvalue weighted by Gasteiger charge is -2.26. The van der Waals surface area contributed by atoms with Crippen LogP contribution in [0.5, 0.6) is 0 Å². The highest BCUT2D eigenvalue weighted by molar-refractivity contribution is 7.92. The van der Waals surface area contributed by atoms with Crippen molar-refractivity contribution in [1.29, 1.82) is 0 Å². The highest BCUT2D eigenvalue weighted by Crippen LogP contribution is 2.37. The number of aryl methyl sites for hydroxylation is 1. The van der Waals surface area contributed by atoms with Crippen molar-refractivity contribution in [3.05, 3.63) is 45.8 Å². The molecule has 1 aliphatic rings. The van der Waals surface area contributed by atoms with Crippen molar-refractivity contribution in [2.45, 2.75) is 38.1 Å². The SMILES string of the molecule is CCCN1CCc2c(sc(NC(=O)CS(=O)(=O)c3ccc(C)cc3)c2C(=O)OC)C1. The zero-order valence-corrected chi connectivity index (χ0v) is 19.0. The molecule has 1 aromatic heterocycles. The summed E-state index contributed by atoms with van der Waals surface area (Å²) in [4.78, 5) is 28.4. The summed E-state index contributed by atoms with van der Waals surface area (Å²) in [7, 11) is -2.49. The molecule has 0 fully saturated rings. The molecule has 0 atom stereocenters. The van der Waals surface area contributed by atoms with E-state index in [0.717, 1.165) is 35.5 Å². The van der Waals surface area contributed by atoms with Gasteiger partial charge in [0, 0.05) is 18.0 Å². The number of esters is 1. The summed E-state index contributed by atoms with van der Waals surface area (Å²) in [5.41, 5.74) is 2.16. The van der Waals surface area contributed by atoms with Gasteiger partial charge < -0.3 is 10.1 Å². The van der Waals surface area contributed by atoms with Crippen molar-refractivity contribution in [3.63, 3.8) is 0 Å². The molecule has 1 aromatic carbocycles. The number of anilines is 1. The molecule has 0 bridgehead atoms. The van der Waals surface area contributed by atoms with Crippen molar-refractivity contribution in [2.24, 2.45) is 0 Å². The van der Waals surface area contributed by atoms with Crippen LogP contribution < -0.4 is 5.32 Å². The standard InChI is InChI=1S/C21H26N2O5S2/c1-4-10-23-11-9-16-17(12-23)29-20(19(16)21(25)28-3)22-18(24)13-30(26,27)15-7-5-14(2)6-8-15/h5-8H,4,9-13H2,1-3H3,(H,22,24). The van der Waals surface area contributed by atoms with E-state index in [-0.39, 0.29) is 4.90 Å². The molecular formula is C21H26N2O5S2. The molecule has 3 rings (SSSR count). The molecule has 1 N–H and O–H groups in total. The molecule has 7 nitrogen and oxygen atoms in total. The van der Waals surface area contributed by atoms with Gasteiger partial charge in [0.05, 0.1) is 17.6 Å². The summed E-state index contributed by atoms with van der Waals surface area (Å²) < 4.78 is 30.1. The maximum Gasteiger partial charge on any atom is 0.341 e. The molecule has 9 heteroatoms. The van der Waals surface area contributed by atoms with Crippen LogP contribution in [-0.4, -0.2) is 51.1 Å². The van der Waals surface area contributed by atoms with Gasteiger partial charge in [0.25, 0.3) is 0 Å². The quantitative estimate of drug-likeness (QED) is 0.652.